The van der Waals surface area contributed by atoms with Crippen molar-refractivity contribution in [1.29, 1.82) is 0 Å². The van der Waals surface area contributed by atoms with Crippen LogP contribution in [0.25, 0.3) is 0 Å². The molecule has 0 aliphatic heterocycles. The maximum atomic E-state index is 5.81. The van der Waals surface area contributed by atoms with Gasteiger partial charge in [0, 0.05) is 12.5 Å². The van der Waals surface area contributed by atoms with Crippen molar-refractivity contribution in [1.82, 2.24) is 10.1 Å². The van der Waals surface area contributed by atoms with Crippen LogP contribution in [0.3, 0.4) is 0 Å². The molecule has 1 aliphatic rings. The molecule has 1 aliphatic carbocycles. The van der Waals surface area contributed by atoms with Crippen molar-refractivity contribution in [2.75, 3.05) is 6.54 Å². The Kier molecular flexibility index (Phi) is 2.65. The average molecular weight is 229 g/mol. The van der Waals surface area contributed by atoms with Crippen molar-refractivity contribution >= 4 is 0 Å². The maximum Gasteiger partial charge on any atom is 0.235 e. The monoisotopic (exact) mass is 229 g/mol. The highest BCUT2D eigenvalue weighted by Gasteiger charge is 2.30. The van der Waals surface area contributed by atoms with Crippen LogP contribution >= 0.6 is 0 Å². The Morgan fingerprint density at radius 3 is 2.71 bits per heavy atom. The molecule has 17 heavy (non-hydrogen) atoms. The van der Waals surface area contributed by atoms with Gasteiger partial charge in [0.2, 0.25) is 5.89 Å². The third kappa shape index (κ3) is 2.08. The van der Waals surface area contributed by atoms with Crippen molar-refractivity contribution < 1.29 is 4.52 Å². The summed E-state index contributed by atoms with van der Waals surface area (Å²) >= 11 is 0. The highest BCUT2D eigenvalue weighted by atomic mass is 16.5. The van der Waals surface area contributed by atoms with Gasteiger partial charge in [0.05, 0.1) is 5.92 Å². The van der Waals surface area contributed by atoms with E-state index in [9.17, 15) is 0 Å². The summed E-state index contributed by atoms with van der Waals surface area (Å²) in [5.41, 5.74) is 6.94. The molecule has 2 N–H and O–H groups in total. The lowest BCUT2D eigenvalue weighted by Crippen LogP contribution is -2.14. The zero-order valence-electron chi connectivity index (χ0n) is 9.54. The number of rotatable bonds is 4. The fourth-order valence-corrected chi connectivity index (χ4v) is 1.96. The van der Waals surface area contributed by atoms with E-state index in [-0.39, 0.29) is 5.92 Å². The second kappa shape index (κ2) is 4.30. The Hall–Kier alpha value is -1.68. The molecule has 1 aromatic carbocycles. The van der Waals surface area contributed by atoms with Crippen LogP contribution in [0, 0.1) is 0 Å². The predicted octanol–water partition coefficient (Wildman–Crippen LogP) is 2.04. The van der Waals surface area contributed by atoms with Gasteiger partial charge in [0.15, 0.2) is 5.82 Å². The summed E-state index contributed by atoms with van der Waals surface area (Å²) in [6.45, 7) is 0.482. The number of hydrogen-bond acceptors (Lipinski definition) is 4. The number of aromatic nitrogens is 2. The fourth-order valence-electron chi connectivity index (χ4n) is 1.96. The summed E-state index contributed by atoms with van der Waals surface area (Å²) in [7, 11) is 0. The molecular weight excluding hydrogens is 214 g/mol. The van der Waals surface area contributed by atoms with Gasteiger partial charge in [-0.05, 0) is 18.4 Å². The first-order valence-electron chi connectivity index (χ1n) is 5.97. The SMILES string of the molecule is NCC(c1ccccc1)c1nc(C2CC2)no1. The summed E-state index contributed by atoms with van der Waals surface area (Å²) in [6, 6.07) is 10.1. The summed E-state index contributed by atoms with van der Waals surface area (Å²) in [4.78, 5) is 4.46. The van der Waals surface area contributed by atoms with Crippen molar-refractivity contribution in [3.05, 3.63) is 47.6 Å². The van der Waals surface area contributed by atoms with Gasteiger partial charge in [0.25, 0.3) is 0 Å². The molecule has 1 saturated carbocycles. The van der Waals surface area contributed by atoms with Crippen LogP contribution in [-0.4, -0.2) is 16.7 Å². The molecule has 1 aromatic heterocycles. The summed E-state index contributed by atoms with van der Waals surface area (Å²) in [5, 5.41) is 4.03. The number of nitrogens with two attached hydrogens (primary N) is 1. The topological polar surface area (TPSA) is 64.9 Å². The Balaban J connectivity index is 1.88. The molecule has 0 saturated heterocycles. The van der Waals surface area contributed by atoms with Gasteiger partial charge in [-0.15, -0.1) is 0 Å². The van der Waals surface area contributed by atoms with Crippen LogP contribution < -0.4 is 5.73 Å². The van der Waals surface area contributed by atoms with Gasteiger partial charge < -0.3 is 10.3 Å². The van der Waals surface area contributed by atoms with E-state index in [1.165, 1.54) is 12.8 Å². The van der Waals surface area contributed by atoms with Crippen LogP contribution in [-0.2, 0) is 0 Å². The molecule has 3 rings (SSSR count). The number of nitrogens with zero attached hydrogens (tertiary/aromatic N) is 2. The molecule has 1 heterocycles. The van der Waals surface area contributed by atoms with Crippen molar-refractivity contribution in [3.8, 4) is 0 Å². The second-order valence-electron chi connectivity index (χ2n) is 4.46. The van der Waals surface area contributed by atoms with E-state index in [1.54, 1.807) is 0 Å². The van der Waals surface area contributed by atoms with Crippen LogP contribution in [0.5, 0.6) is 0 Å². The Morgan fingerprint density at radius 1 is 1.29 bits per heavy atom. The second-order valence-corrected chi connectivity index (χ2v) is 4.46. The molecule has 4 nitrogen and oxygen atoms in total. The lowest BCUT2D eigenvalue weighted by atomic mass is 9.99. The van der Waals surface area contributed by atoms with Gasteiger partial charge >= 0.3 is 0 Å². The molecule has 0 radical (unpaired) electrons. The molecule has 1 atom stereocenters. The normalized spacial score (nSPS) is 17.0. The fraction of sp³-hybridized carbons (Fsp3) is 0.385. The maximum absolute atomic E-state index is 5.81. The van der Waals surface area contributed by atoms with E-state index in [0.29, 0.717) is 18.4 Å². The summed E-state index contributed by atoms with van der Waals surface area (Å²) in [6.07, 6.45) is 2.36. The number of benzene rings is 1. The summed E-state index contributed by atoms with van der Waals surface area (Å²) in [5.74, 6) is 2.01. The van der Waals surface area contributed by atoms with Crippen LogP contribution in [0.4, 0.5) is 0 Å². The third-order valence-electron chi connectivity index (χ3n) is 3.14. The minimum Gasteiger partial charge on any atom is -0.339 e. The zero-order chi connectivity index (χ0) is 11.7. The quantitative estimate of drug-likeness (QED) is 0.871. The predicted molar refractivity (Wildman–Crippen MR) is 63.6 cm³/mol. The highest BCUT2D eigenvalue weighted by Crippen LogP contribution is 2.38. The van der Waals surface area contributed by atoms with Crippen LogP contribution in [0.1, 0.15) is 42.0 Å². The Morgan fingerprint density at radius 2 is 2.06 bits per heavy atom. The largest absolute Gasteiger partial charge is 0.339 e. The lowest BCUT2D eigenvalue weighted by molar-refractivity contribution is 0.362. The van der Waals surface area contributed by atoms with Crippen molar-refractivity contribution in [3.63, 3.8) is 0 Å². The van der Waals surface area contributed by atoms with Gasteiger partial charge in [-0.2, -0.15) is 4.98 Å². The van der Waals surface area contributed by atoms with E-state index in [0.717, 1.165) is 11.4 Å². The minimum atomic E-state index is 0.0104. The first kappa shape index (κ1) is 10.5. The highest BCUT2D eigenvalue weighted by molar-refractivity contribution is 5.25. The smallest absolute Gasteiger partial charge is 0.235 e. The molecule has 0 amide bonds. The lowest BCUT2D eigenvalue weighted by Gasteiger charge is -2.09. The van der Waals surface area contributed by atoms with Gasteiger partial charge in [-0.25, -0.2) is 0 Å². The molecular formula is C13H15N3O. The third-order valence-corrected chi connectivity index (χ3v) is 3.14. The standard InChI is InChI=1S/C13H15N3O/c14-8-11(9-4-2-1-3-5-9)13-15-12(16-17-13)10-6-7-10/h1-5,10-11H,6-8,14H2. The minimum absolute atomic E-state index is 0.0104. The molecule has 1 fully saturated rings. The first-order valence-corrected chi connectivity index (χ1v) is 5.97. The van der Waals surface area contributed by atoms with Gasteiger partial charge in [-0.1, -0.05) is 35.5 Å². The van der Waals surface area contributed by atoms with Crippen molar-refractivity contribution in [2.24, 2.45) is 5.73 Å². The van der Waals surface area contributed by atoms with E-state index in [1.807, 2.05) is 30.3 Å². The first-order chi connectivity index (χ1) is 8.38. The van der Waals surface area contributed by atoms with E-state index >= 15 is 0 Å². The van der Waals surface area contributed by atoms with E-state index in [4.69, 9.17) is 10.3 Å². The van der Waals surface area contributed by atoms with Gasteiger partial charge in [-0.3, -0.25) is 0 Å². The molecule has 88 valence electrons. The van der Waals surface area contributed by atoms with Crippen molar-refractivity contribution in [2.45, 2.75) is 24.7 Å². The molecule has 0 spiro atoms. The van der Waals surface area contributed by atoms with E-state index < -0.39 is 0 Å². The summed E-state index contributed by atoms with van der Waals surface area (Å²) < 4.78 is 5.33. The van der Waals surface area contributed by atoms with E-state index in [2.05, 4.69) is 10.1 Å². The molecule has 1 unspecified atom stereocenters. The molecule has 0 bridgehead atoms. The average Bonchev–Trinajstić information content (AvgIpc) is 3.12. The Labute approximate surface area is 99.8 Å². The van der Waals surface area contributed by atoms with Crippen LogP contribution in [0.2, 0.25) is 0 Å². The van der Waals surface area contributed by atoms with Crippen LogP contribution in [0.15, 0.2) is 34.9 Å². The zero-order valence-corrected chi connectivity index (χ0v) is 9.54. The molecule has 2 aromatic rings. The Bertz CT molecular complexity index is 490. The molecule has 4 heteroatoms. The van der Waals surface area contributed by atoms with Gasteiger partial charge in [0.1, 0.15) is 0 Å². The number of hydrogen-bond donors (Lipinski definition) is 1.